The molecule has 1 aliphatic rings. The van der Waals surface area contributed by atoms with Crippen LogP contribution in [-0.2, 0) is 39.0 Å². The van der Waals surface area contributed by atoms with Crippen LogP contribution in [0.3, 0.4) is 0 Å². The summed E-state index contributed by atoms with van der Waals surface area (Å²) in [7, 11) is 0. The third kappa shape index (κ3) is 4.89. The Morgan fingerprint density at radius 1 is 0.692 bits per heavy atom. The summed E-state index contributed by atoms with van der Waals surface area (Å²) in [6, 6.07) is 22.2. The Kier molecular flexibility index (Phi) is 8.81. The van der Waals surface area contributed by atoms with E-state index in [1.807, 2.05) is 0 Å². The van der Waals surface area contributed by atoms with Gasteiger partial charge in [0.25, 0.3) is 0 Å². The number of rotatable bonds is 0. The van der Waals surface area contributed by atoms with Gasteiger partial charge in [-0.3, -0.25) is 0 Å². The van der Waals surface area contributed by atoms with Gasteiger partial charge in [-0.05, 0) is 19.3 Å². The molecule has 0 amide bonds. The largest absolute Gasteiger partial charge is 4.00 e. The molecule has 0 saturated carbocycles. The second kappa shape index (κ2) is 9.88. The second-order valence-electron chi connectivity index (χ2n) is 6.80. The van der Waals surface area contributed by atoms with Crippen molar-refractivity contribution >= 4 is 21.5 Å². The zero-order valence-corrected chi connectivity index (χ0v) is 19.1. The Morgan fingerprint density at radius 3 is 1.96 bits per heavy atom. The maximum atomic E-state index is 2.38. The zero-order chi connectivity index (χ0) is 15.8. The maximum absolute atomic E-state index is 2.38. The quantitative estimate of drug-likeness (QED) is 0.330. The number of aryl methyl sites for hydroxylation is 4. The summed E-state index contributed by atoms with van der Waals surface area (Å²) in [6.45, 7) is 4.30. The van der Waals surface area contributed by atoms with E-state index >= 15 is 0 Å². The third-order valence-electron chi connectivity index (χ3n) is 4.83. The van der Waals surface area contributed by atoms with Gasteiger partial charge in [0.05, 0.1) is 0 Å². The molecular weight excluding hydrogens is 438 g/mol. The van der Waals surface area contributed by atoms with Crippen LogP contribution < -0.4 is 24.8 Å². The summed E-state index contributed by atoms with van der Waals surface area (Å²) in [4.78, 5) is 0. The van der Waals surface area contributed by atoms with Gasteiger partial charge in [0.15, 0.2) is 0 Å². The Bertz CT molecular complexity index is 904. The average molecular weight is 461 g/mol. The molecule has 0 N–H and O–H groups in total. The van der Waals surface area contributed by atoms with E-state index in [1.165, 1.54) is 51.9 Å². The van der Waals surface area contributed by atoms with E-state index < -0.39 is 0 Å². The van der Waals surface area contributed by atoms with Crippen molar-refractivity contribution < 1.29 is 51.0 Å². The van der Waals surface area contributed by atoms with Crippen molar-refractivity contribution in [1.82, 2.24) is 0 Å². The normalized spacial score (nSPS) is 11.6. The molecule has 1 aliphatic carbocycles. The van der Waals surface area contributed by atoms with E-state index in [0.717, 1.165) is 0 Å². The van der Waals surface area contributed by atoms with E-state index in [9.17, 15) is 0 Å². The van der Waals surface area contributed by atoms with Crippen molar-refractivity contribution in [2.45, 2.75) is 33.1 Å². The first-order valence-corrected chi connectivity index (χ1v) is 8.50. The molecule has 0 saturated heterocycles. The van der Waals surface area contributed by atoms with Gasteiger partial charge in [-0.25, -0.2) is 0 Å². The van der Waals surface area contributed by atoms with Crippen LogP contribution in [0.2, 0.25) is 0 Å². The Labute approximate surface area is 187 Å². The predicted molar refractivity (Wildman–Crippen MR) is 101 cm³/mol. The van der Waals surface area contributed by atoms with Crippen LogP contribution in [0.25, 0.3) is 21.5 Å². The van der Waals surface area contributed by atoms with Gasteiger partial charge in [0.2, 0.25) is 0 Å². The predicted octanol–water partition coefficient (Wildman–Crippen LogP) is 0.228. The number of fused-ring (bicyclic) bond motifs is 3. The molecule has 0 unspecified atom stereocenters. The fourth-order valence-electron chi connectivity index (χ4n) is 3.75. The van der Waals surface area contributed by atoms with Gasteiger partial charge in [-0.15, -0.1) is 75.1 Å². The van der Waals surface area contributed by atoms with Crippen LogP contribution in [0.5, 0.6) is 0 Å². The minimum atomic E-state index is 0. The molecule has 4 aromatic rings. The van der Waals surface area contributed by atoms with Crippen molar-refractivity contribution in [3.63, 3.8) is 0 Å². The number of hydrogen-bond acceptors (Lipinski definition) is 0. The summed E-state index contributed by atoms with van der Waals surface area (Å²) in [5.74, 6) is 0. The maximum Gasteiger partial charge on any atom is 4.00 e. The molecule has 0 aromatic heterocycles. The van der Waals surface area contributed by atoms with Crippen molar-refractivity contribution in [2.75, 3.05) is 0 Å². The Hall–Kier alpha value is -0.877. The summed E-state index contributed by atoms with van der Waals surface area (Å²) in [5, 5.41) is 5.55. The van der Waals surface area contributed by atoms with Crippen molar-refractivity contribution in [2.24, 2.45) is 0 Å². The van der Waals surface area contributed by atoms with Crippen LogP contribution in [0.1, 0.15) is 28.7 Å². The number of hydrogen-bond donors (Lipinski definition) is 0. The molecule has 0 aliphatic heterocycles. The monoisotopic (exact) mass is 458 g/mol. The van der Waals surface area contributed by atoms with E-state index in [2.05, 4.69) is 74.5 Å². The van der Waals surface area contributed by atoms with Gasteiger partial charge in [-0.1, -0.05) is 31.0 Å². The van der Waals surface area contributed by atoms with Crippen LogP contribution >= 0.6 is 0 Å². The first kappa shape index (κ1) is 23.2. The van der Waals surface area contributed by atoms with E-state index in [0.29, 0.717) is 0 Å². The van der Waals surface area contributed by atoms with Gasteiger partial charge >= 0.3 is 26.2 Å². The van der Waals surface area contributed by atoms with Gasteiger partial charge in [-0.2, -0.15) is 12.1 Å². The molecule has 0 atom stereocenters. The molecule has 4 aromatic carbocycles. The molecule has 132 valence electrons. The molecule has 0 radical (unpaired) electrons. The van der Waals surface area contributed by atoms with Crippen molar-refractivity contribution in [3.05, 3.63) is 82.9 Å². The number of benzene rings is 2. The molecule has 5 rings (SSSR count). The van der Waals surface area contributed by atoms with Crippen LogP contribution in [0.15, 0.2) is 60.7 Å². The second-order valence-corrected chi connectivity index (χ2v) is 6.80. The van der Waals surface area contributed by atoms with Crippen LogP contribution in [-0.4, -0.2) is 0 Å². The van der Waals surface area contributed by atoms with Gasteiger partial charge in [0, 0.05) is 0 Å². The molecule has 0 nitrogen and oxygen atoms in total. The number of halogens is 2. The van der Waals surface area contributed by atoms with Crippen LogP contribution in [0, 0.1) is 13.8 Å². The Morgan fingerprint density at radius 2 is 1.27 bits per heavy atom. The van der Waals surface area contributed by atoms with Crippen LogP contribution in [0.4, 0.5) is 0 Å². The third-order valence-corrected chi connectivity index (χ3v) is 4.83. The SMILES string of the molecule is Cc1cc2cc3c(cc2[cH-]1)CCC3.Cc1cc2ccccc2[cH-]1.[Cl-].[Cl-].[Zr+4]. The zero-order valence-electron chi connectivity index (χ0n) is 15.2. The van der Waals surface area contributed by atoms with E-state index in [-0.39, 0.29) is 51.0 Å². The fourth-order valence-corrected chi connectivity index (χ4v) is 3.75. The van der Waals surface area contributed by atoms with E-state index in [1.54, 1.807) is 11.1 Å². The average Bonchev–Trinajstić information content (AvgIpc) is 3.20. The first-order chi connectivity index (χ1) is 11.2. The summed E-state index contributed by atoms with van der Waals surface area (Å²) >= 11 is 0. The molecule has 26 heavy (non-hydrogen) atoms. The molecule has 0 spiro atoms. The smallest absolute Gasteiger partial charge is 1.00 e. The molecule has 0 bridgehead atoms. The topological polar surface area (TPSA) is 0 Å². The summed E-state index contributed by atoms with van der Waals surface area (Å²) in [5.41, 5.74) is 5.90. The van der Waals surface area contributed by atoms with Gasteiger partial charge < -0.3 is 24.8 Å². The van der Waals surface area contributed by atoms with E-state index in [4.69, 9.17) is 0 Å². The minimum Gasteiger partial charge on any atom is -1.00 e. The molecule has 0 heterocycles. The fraction of sp³-hybridized carbons (Fsp3) is 0.217. The molecule has 0 fully saturated rings. The van der Waals surface area contributed by atoms with Crippen molar-refractivity contribution in [3.8, 4) is 0 Å². The Balaban J connectivity index is 0.000000239. The van der Waals surface area contributed by atoms with Crippen molar-refractivity contribution in [1.29, 1.82) is 0 Å². The first-order valence-electron chi connectivity index (χ1n) is 8.50. The summed E-state index contributed by atoms with van der Waals surface area (Å²) < 4.78 is 0. The minimum absolute atomic E-state index is 0. The molecular formula is C23H22Cl2Zr. The summed E-state index contributed by atoms with van der Waals surface area (Å²) in [6.07, 6.45) is 3.92. The van der Waals surface area contributed by atoms with Gasteiger partial charge in [0.1, 0.15) is 0 Å². The molecule has 3 heteroatoms. The standard InChI is InChI=1S/C13H13.C10H9.2ClH.Zr/c1-9-5-12-7-10-3-2-4-11(10)8-13(12)6-9;1-8-6-9-4-2-3-5-10(9)7-8;;;/h5-8H,2-4H2,1H3;2-7H,1H3;2*1H;/q2*-1;;;+4/p-2.